The van der Waals surface area contributed by atoms with Gasteiger partial charge in [-0.3, -0.25) is 0 Å². The summed E-state index contributed by atoms with van der Waals surface area (Å²) in [5.41, 5.74) is 1.12. The van der Waals surface area contributed by atoms with E-state index < -0.39 is 0 Å². The number of ether oxygens (including phenoxy) is 1. The van der Waals surface area contributed by atoms with Crippen LogP contribution in [0.2, 0.25) is 0 Å². The molecule has 0 aliphatic rings. The average molecular weight is 358 g/mol. The van der Waals surface area contributed by atoms with Crippen LogP contribution in [0.5, 0.6) is 5.75 Å². The summed E-state index contributed by atoms with van der Waals surface area (Å²) >= 11 is 4.98. The summed E-state index contributed by atoms with van der Waals surface area (Å²) in [7, 11) is 0. The second-order valence-electron chi connectivity index (χ2n) is 4.44. The third kappa shape index (κ3) is 4.04. The van der Waals surface area contributed by atoms with E-state index in [0.717, 1.165) is 18.7 Å². The number of aryl methyl sites for hydroxylation is 1. The first-order chi connectivity index (χ1) is 9.60. The first-order valence-corrected chi connectivity index (χ1v) is 8.08. The highest BCUT2D eigenvalue weighted by molar-refractivity contribution is 9.10. The van der Waals surface area contributed by atoms with E-state index in [0.29, 0.717) is 11.1 Å². The van der Waals surface area contributed by atoms with Crippen molar-refractivity contribution in [2.45, 2.75) is 27.0 Å². The minimum absolute atomic E-state index is 0.284. The van der Waals surface area contributed by atoms with Gasteiger partial charge in [-0.15, -0.1) is 11.3 Å². The van der Waals surface area contributed by atoms with Crippen LogP contribution in [0, 0.1) is 12.7 Å². The van der Waals surface area contributed by atoms with Gasteiger partial charge in [-0.05, 0) is 37.7 Å². The maximum Gasteiger partial charge on any atom is 0.166 e. The fourth-order valence-electron chi connectivity index (χ4n) is 1.81. The molecule has 1 N–H and O–H groups in total. The van der Waals surface area contributed by atoms with Gasteiger partial charge in [-0.25, -0.2) is 4.39 Å². The predicted octanol–water partition coefficient (Wildman–Crippen LogP) is 4.65. The van der Waals surface area contributed by atoms with E-state index in [2.05, 4.69) is 41.2 Å². The third-order valence-corrected chi connectivity index (χ3v) is 4.48. The number of nitrogens with one attached hydrogen (secondary N) is 1. The fraction of sp³-hybridized carbons (Fsp3) is 0.333. The summed E-state index contributed by atoms with van der Waals surface area (Å²) < 4.78 is 19.9. The van der Waals surface area contributed by atoms with E-state index in [-0.39, 0.29) is 11.6 Å². The van der Waals surface area contributed by atoms with Crippen molar-refractivity contribution in [1.82, 2.24) is 5.32 Å². The number of hydrogen-bond acceptors (Lipinski definition) is 3. The molecule has 0 aliphatic carbocycles. The third-order valence-electron chi connectivity index (χ3n) is 2.90. The molecule has 0 spiro atoms. The zero-order valence-electron chi connectivity index (χ0n) is 11.5. The van der Waals surface area contributed by atoms with Crippen LogP contribution in [0.1, 0.15) is 22.2 Å². The molecular formula is C15H17BrFNOS. The van der Waals surface area contributed by atoms with Crippen LogP contribution in [0.25, 0.3) is 0 Å². The van der Waals surface area contributed by atoms with Crippen molar-refractivity contribution in [1.29, 1.82) is 0 Å². The second kappa shape index (κ2) is 7.20. The number of rotatable bonds is 6. The Kier molecular flexibility index (Phi) is 5.57. The van der Waals surface area contributed by atoms with E-state index in [1.807, 2.05) is 0 Å². The van der Waals surface area contributed by atoms with Crippen molar-refractivity contribution in [3.8, 4) is 5.75 Å². The first-order valence-electron chi connectivity index (χ1n) is 6.47. The Morgan fingerprint density at radius 1 is 1.35 bits per heavy atom. The van der Waals surface area contributed by atoms with Gasteiger partial charge in [0.1, 0.15) is 6.61 Å². The van der Waals surface area contributed by atoms with Gasteiger partial charge in [0.25, 0.3) is 0 Å². The second-order valence-corrected chi connectivity index (χ2v) is 6.69. The van der Waals surface area contributed by atoms with Crippen molar-refractivity contribution in [3.05, 3.63) is 49.9 Å². The van der Waals surface area contributed by atoms with Crippen molar-refractivity contribution >= 4 is 27.3 Å². The van der Waals surface area contributed by atoms with E-state index in [9.17, 15) is 4.39 Å². The Morgan fingerprint density at radius 2 is 2.15 bits per heavy atom. The molecule has 20 heavy (non-hydrogen) atoms. The van der Waals surface area contributed by atoms with Gasteiger partial charge in [-0.2, -0.15) is 0 Å². The molecule has 108 valence electrons. The summed E-state index contributed by atoms with van der Waals surface area (Å²) in [4.78, 5) is 2.50. The minimum atomic E-state index is -0.347. The SMILES string of the molecule is CCNCc1cc(COc2ccc(Br)cc2F)c(C)s1. The maximum atomic E-state index is 13.7. The predicted molar refractivity (Wildman–Crippen MR) is 84.9 cm³/mol. The molecule has 0 amide bonds. The quantitative estimate of drug-likeness (QED) is 0.812. The molecule has 2 rings (SSSR count). The monoisotopic (exact) mass is 357 g/mol. The normalized spacial score (nSPS) is 10.8. The Labute approximate surface area is 131 Å². The van der Waals surface area contributed by atoms with Gasteiger partial charge >= 0.3 is 0 Å². The van der Waals surface area contributed by atoms with Crippen molar-refractivity contribution in [2.75, 3.05) is 6.54 Å². The zero-order valence-corrected chi connectivity index (χ0v) is 13.9. The molecule has 0 bridgehead atoms. The van der Waals surface area contributed by atoms with Crippen LogP contribution in [-0.4, -0.2) is 6.54 Å². The van der Waals surface area contributed by atoms with Crippen LogP contribution in [0.15, 0.2) is 28.7 Å². The molecule has 2 nitrogen and oxygen atoms in total. The zero-order chi connectivity index (χ0) is 14.5. The molecule has 0 unspecified atom stereocenters. The lowest BCUT2D eigenvalue weighted by molar-refractivity contribution is 0.290. The molecule has 0 aliphatic heterocycles. The summed E-state index contributed by atoms with van der Waals surface area (Å²) in [5.74, 6) is -0.0628. The van der Waals surface area contributed by atoms with Crippen molar-refractivity contribution < 1.29 is 9.13 Å². The van der Waals surface area contributed by atoms with Gasteiger partial charge in [-0.1, -0.05) is 22.9 Å². The van der Waals surface area contributed by atoms with Gasteiger partial charge in [0.15, 0.2) is 11.6 Å². The lowest BCUT2D eigenvalue weighted by Crippen LogP contribution is -2.10. The molecule has 2 aromatic rings. The van der Waals surface area contributed by atoms with Crippen LogP contribution in [-0.2, 0) is 13.2 Å². The molecule has 1 aromatic carbocycles. The van der Waals surface area contributed by atoms with Gasteiger partial charge in [0, 0.05) is 26.3 Å². The Morgan fingerprint density at radius 3 is 2.85 bits per heavy atom. The molecule has 1 aromatic heterocycles. The lowest BCUT2D eigenvalue weighted by atomic mass is 10.2. The van der Waals surface area contributed by atoms with Crippen LogP contribution >= 0.6 is 27.3 Å². The molecule has 0 saturated heterocycles. The Balaban J connectivity index is 2.01. The van der Waals surface area contributed by atoms with Gasteiger partial charge < -0.3 is 10.1 Å². The number of thiophene rings is 1. The molecule has 0 atom stereocenters. The number of benzene rings is 1. The summed E-state index contributed by atoms with van der Waals surface area (Å²) in [6.07, 6.45) is 0. The van der Waals surface area contributed by atoms with E-state index in [1.54, 1.807) is 23.5 Å². The summed E-state index contributed by atoms with van der Waals surface area (Å²) in [6, 6.07) is 6.95. The van der Waals surface area contributed by atoms with Gasteiger partial charge in [0.05, 0.1) is 0 Å². The highest BCUT2D eigenvalue weighted by Crippen LogP contribution is 2.25. The van der Waals surface area contributed by atoms with E-state index in [4.69, 9.17) is 4.74 Å². The maximum absolute atomic E-state index is 13.7. The van der Waals surface area contributed by atoms with Crippen LogP contribution in [0.4, 0.5) is 4.39 Å². The Bertz CT molecular complexity index is 585. The van der Waals surface area contributed by atoms with E-state index in [1.165, 1.54) is 15.8 Å². The largest absolute Gasteiger partial charge is 0.486 e. The Hall–Kier alpha value is -0.910. The molecule has 1 heterocycles. The van der Waals surface area contributed by atoms with Crippen molar-refractivity contribution in [2.24, 2.45) is 0 Å². The summed E-state index contributed by atoms with van der Waals surface area (Å²) in [5, 5.41) is 3.30. The van der Waals surface area contributed by atoms with Gasteiger partial charge in [0.2, 0.25) is 0 Å². The highest BCUT2D eigenvalue weighted by Gasteiger charge is 2.08. The minimum Gasteiger partial charge on any atom is -0.486 e. The first kappa shape index (κ1) is 15.5. The van der Waals surface area contributed by atoms with Crippen LogP contribution < -0.4 is 10.1 Å². The van der Waals surface area contributed by atoms with Crippen molar-refractivity contribution in [3.63, 3.8) is 0 Å². The molecule has 5 heteroatoms. The lowest BCUT2D eigenvalue weighted by Gasteiger charge is -2.07. The molecular weight excluding hydrogens is 341 g/mol. The molecule has 0 saturated carbocycles. The fourth-order valence-corrected chi connectivity index (χ4v) is 3.16. The smallest absolute Gasteiger partial charge is 0.166 e. The number of hydrogen-bond donors (Lipinski definition) is 1. The van der Waals surface area contributed by atoms with Crippen LogP contribution in [0.3, 0.4) is 0 Å². The standard InChI is InChI=1S/C15H17BrFNOS/c1-3-18-8-13-6-11(10(2)20-13)9-19-15-5-4-12(16)7-14(15)17/h4-7,18H,3,8-9H2,1-2H3. The van der Waals surface area contributed by atoms with E-state index >= 15 is 0 Å². The number of halogens is 2. The highest BCUT2D eigenvalue weighted by atomic mass is 79.9. The molecule has 0 fully saturated rings. The topological polar surface area (TPSA) is 21.3 Å². The summed E-state index contributed by atoms with van der Waals surface area (Å²) in [6.45, 7) is 6.37. The average Bonchev–Trinajstić information content (AvgIpc) is 2.76. The molecule has 0 radical (unpaired) electrons.